The molecule has 1 heterocycles. The highest BCUT2D eigenvalue weighted by atomic mass is 35.5. The van der Waals surface area contributed by atoms with Crippen molar-refractivity contribution < 1.29 is 5.11 Å². The van der Waals surface area contributed by atoms with Crippen molar-refractivity contribution in [2.24, 2.45) is 0 Å². The summed E-state index contributed by atoms with van der Waals surface area (Å²) in [6.45, 7) is 3.11. The Morgan fingerprint density at radius 3 is 2.88 bits per heavy atom. The minimum atomic E-state index is 0.224. The number of halogens is 1. The van der Waals surface area contributed by atoms with Gasteiger partial charge in [-0.1, -0.05) is 17.7 Å². The van der Waals surface area contributed by atoms with Crippen molar-refractivity contribution in [3.63, 3.8) is 0 Å². The molecule has 17 heavy (non-hydrogen) atoms. The third kappa shape index (κ3) is 3.12. The van der Waals surface area contributed by atoms with E-state index in [1.54, 1.807) is 12.1 Å². The molecule has 1 unspecified atom stereocenters. The lowest BCUT2D eigenvalue weighted by atomic mass is 10.1. The standard InChI is InChI=1S/C13H19ClN2O/c1-15-6-5-11(9-15)16(2)8-10-3-4-12(17)7-13(10)14/h3-4,7,11,17H,5-6,8-9H2,1-2H3. The van der Waals surface area contributed by atoms with Crippen LogP contribution in [0.25, 0.3) is 0 Å². The molecule has 4 heteroatoms. The fraction of sp³-hybridized carbons (Fsp3) is 0.538. The number of hydrogen-bond donors (Lipinski definition) is 1. The second-order valence-electron chi connectivity index (χ2n) is 4.90. The Balaban J connectivity index is 2.00. The largest absolute Gasteiger partial charge is 0.508 e. The van der Waals surface area contributed by atoms with Gasteiger partial charge in [0.05, 0.1) is 0 Å². The van der Waals surface area contributed by atoms with Crippen molar-refractivity contribution in [1.82, 2.24) is 9.80 Å². The average Bonchev–Trinajstić information content (AvgIpc) is 2.69. The van der Waals surface area contributed by atoms with E-state index >= 15 is 0 Å². The lowest BCUT2D eigenvalue weighted by molar-refractivity contribution is 0.234. The van der Waals surface area contributed by atoms with Gasteiger partial charge in [-0.05, 0) is 44.8 Å². The van der Waals surface area contributed by atoms with Crippen molar-refractivity contribution in [3.8, 4) is 5.75 Å². The SMILES string of the molecule is CN1CCC(N(C)Cc2ccc(O)cc2Cl)C1. The van der Waals surface area contributed by atoms with E-state index in [0.717, 1.165) is 25.2 Å². The van der Waals surface area contributed by atoms with Gasteiger partial charge in [-0.3, -0.25) is 4.90 Å². The summed E-state index contributed by atoms with van der Waals surface area (Å²) >= 11 is 6.11. The first kappa shape index (κ1) is 12.7. The highest BCUT2D eigenvalue weighted by Crippen LogP contribution is 2.24. The molecule has 0 aliphatic carbocycles. The first-order chi connectivity index (χ1) is 8.06. The zero-order chi connectivity index (χ0) is 12.4. The molecule has 1 atom stereocenters. The maximum absolute atomic E-state index is 9.31. The van der Waals surface area contributed by atoms with Gasteiger partial charge in [-0.15, -0.1) is 0 Å². The quantitative estimate of drug-likeness (QED) is 0.896. The zero-order valence-electron chi connectivity index (χ0n) is 10.4. The van der Waals surface area contributed by atoms with Crippen molar-refractivity contribution in [3.05, 3.63) is 28.8 Å². The molecule has 1 aromatic rings. The van der Waals surface area contributed by atoms with Crippen LogP contribution in [0.2, 0.25) is 5.02 Å². The number of phenols is 1. The third-order valence-electron chi connectivity index (χ3n) is 3.45. The molecule has 3 nitrogen and oxygen atoms in total. The molecule has 0 amide bonds. The predicted molar refractivity (Wildman–Crippen MR) is 70.5 cm³/mol. The number of rotatable bonds is 3. The van der Waals surface area contributed by atoms with E-state index < -0.39 is 0 Å². The van der Waals surface area contributed by atoms with Crippen molar-refractivity contribution >= 4 is 11.6 Å². The molecule has 1 aromatic carbocycles. The smallest absolute Gasteiger partial charge is 0.117 e. The summed E-state index contributed by atoms with van der Waals surface area (Å²) in [5.74, 6) is 0.224. The molecule has 94 valence electrons. The number of benzene rings is 1. The van der Waals surface area contributed by atoms with Gasteiger partial charge in [-0.2, -0.15) is 0 Å². The van der Waals surface area contributed by atoms with Crippen LogP contribution in [0, 0.1) is 0 Å². The maximum Gasteiger partial charge on any atom is 0.117 e. The average molecular weight is 255 g/mol. The summed E-state index contributed by atoms with van der Waals surface area (Å²) < 4.78 is 0. The number of likely N-dealkylation sites (tertiary alicyclic amines) is 1. The Morgan fingerprint density at radius 2 is 2.29 bits per heavy atom. The Labute approximate surface area is 108 Å². The van der Waals surface area contributed by atoms with E-state index in [-0.39, 0.29) is 5.75 Å². The van der Waals surface area contributed by atoms with Gasteiger partial charge in [0.1, 0.15) is 5.75 Å². The second kappa shape index (κ2) is 5.25. The van der Waals surface area contributed by atoms with Crippen LogP contribution >= 0.6 is 11.6 Å². The zero-order valence-corrected chi connectivity index (χ0v) is 11.1. The minimum Gasteiger partial charge on any atom is -0.508 e. The Kier molecular flexibility index (Phi) is 3.92. The number of hydrogen-bond acceptors (Lipinski definition) is 3. The Bertz CT molecular complexity index is 397. The van der Waals surface area contributed by atoms with Crippen molar-refractivity contribution in [1.29, 1.82) is 0 Å². The first-order valence-electron chi connectivity index (χ1n) is 5.92. The summed E-state index contributed by atoms with van der Waals surface area (Å²) in [5, 5.41) is 9.96. The molecule has 0 spiro atoms. The highest BCUT2D eigenvalue weighted by molar-refractivity contribution is 6.31. The summed E-state index contributed by atoms with van der Waals surface area (Å²) in [6.07, 6.45) is 1.21. The maximum atomic E-state index is 9.31. The van der Waals surface area contributed by atoms with Crippen LogP contribution in [-0.4, -0.2) is 48.1 Å². The van der Waals surface area contributed by atoms with Crippen LogP contribution in [-0.2, 0) is 6.54 Å². The van der Waals surface area contributed by atoms with Gasteiger partial charge in [0.15, 0.2) is 0 Å². The summed E-state index contributed by atoms with van der Waals surface area (Å²) in [6, 6.07) is 5.79. The van der Waals surface area contributed by atoms with Gasteiger partial charge in [-0.25, -0.2) is 0 Å². The molecule has 0 radical (unpaired) electrons. The molecule has 1 aliphatic heterocycles. The van der Waals surface area contributed by atoms with E-state index in [1.807, 2.05) is 6.07 Å². The van der Waals surface area contributed by atoms with Crippen molar-refractivity contribution in [2.45, 2.75) is 19.0 Å². The number of phenolic OH excluding ortho intramolecular Hbond substituents is 1. The Hall–Kier alpha value is -0.770. The molecule has 1 fully saturated rings. The van der Waals surface area contributed by atoms with Crippen LogP contribution in [0.15, 0.2) is 18.2 Å². The monoisotopic (exact) mass is 254 g/mol. The van der Waals surface area contributed by atoms with Crippen LogP contribution < -0.4 is 0 Å². The molecule has 1 aliphatic rings. The van der Waals surface area contributed by atoms with Crippen LogP contribution in [0.1, 0.15) is 12.0 Å². The van der Waals surface area contributed by atoms with E-state index in [0.29, 0.717) is 11.1 Å². The molecule has 1 N–H and O–H groups in total. The first-order valence-corrected chi connectivity index (χ1v) is 6.30. The molecule has 1 saturated heterocycles. The third-order valence-corrected chi connectivity index (χ3v) is 3.80. The number of aromatic hydroxyl groups is 1. The molecular weight excluding hydrogens is 236 g/mol. The van der Waals surface area contributed by atoms with Gasteiger partial charge in [0.25, 0.3) is 0 Å². The van der Waals surface area contributed by atoms with Crippen LogP contribution in [0.4, 0.5) is 0 Å². The van der Waals surface area contributed by atoms with Crippen LogP contribution in [0.5, 0.6) is 5.75 Å². The number of likely N-dealkylation sites (N-methyl/N-ethyl adjacent to an activating group) is 2. The fourth-order valence-electron chi connectivity index (χ4n) is 2.33. The topological polar surface area (TPSA) is 26.7 Å². The van der Waals surface area contributed by atoms with Crippen LogP contribution in [0.3, 0.4) is 0 Å². The van der Waals surface area contributed by atoms with E-state index in [1.165, 1.54) is 6.42 Å². The van der Waals surface area contributed by atoms with Gasteiger partial charge in [0, 0.05) is 24.2 Å². The van der Waals surface area contributed by atoms with Gasteiger partial charge < -0.3 is 10.0 Å². The van der Waals surface area contributed by atoms with E-state index in [2.05, 4.69) is 23.9 Å². The lowest BCUT2D eigenvalue weighted by Gasteiger charge is -2.24. The lowest BCUT2D eigenvalue weighted by Crippen LogP contribution is -2.33. The molecule has 0 bridgehead atoms. The highest BCUT2D eigenvalue weighted by Gasteiger charge is 2.23. The fourth-order valence-corrected chi connectivity index (χ4v) is 2.57. The second-order valence-corrected chi connectivity index (χ2v) is 5.30. The summed E-state index contributed by atoms with van der Waals surface area (Å²) in [5.41, 5.74) is 1.07. The minimum absolute atomic E-state index is 0.224. The molecule has 2 rings (SSSR count). The Morgan fingerprint density at radius 1 is 1.53 bits per heavy atom. The van der Waals surface area contributed by atoms with E-state index in [9.17, 15) is 5.11 Å². The normalized spacial score (nSPS) is 21.3. The molecular formula is C13H19ClN2O. The van der Waals surface area contributed by atoms with Gasteiger partial charge in [0.2, 0.25) is 0 Å². The number of nitrogens with zero attached hydrogens (tertiary/aromatic N) is 2. The summed E-state index contributed by atoms with van der Waals surface area (Å²) in [7, 11) is 4.29. The molecule has 0 saturated carbocycles. The summed E-state index contributed by atoms with van der Waals surface area (Å²) in [4.78, 5) is 4.68. The predicted octanol–water partition coefficient (Wildman–Crippen LogP) is 2.18. The van der Waals surface area contributed by atoms with E-state index in [4.69, 9.17) is 11.6 Å². The van der Waals surface area contributed by atoms with Crippen molar-refractivity contribution in [2.75, 3.05) is 27.2 Å². The molecule has 0 aromatic heterocycles. The van der Waals surface area contributed by atoms with Gasteiger partial charge >= 0.3 is 0 Å².